The van der Waals surface area contributed by atoms with Crippen LogP contribution in [0, 0.1) is 24.7 Å². The average Bonchev–Trinajstić information content (AvgIpc) is 2.31. The van der Waals surface area contributed by atoms with Crippen LogP contribution >= 0.6 is 0 Å². The zero-order valence-corrected chi connectivity index (χ0v) is 8.69. The summed E-state index contributed by atoms with van der Waals surface area (Å²) in [6.07, 6.45) is 12.5. The highest BCUT2D eigenvalue weighted by molar-refractivity contribution is 5.84. The standard InChI is InChI=1S/C14H10O2/c1-3-5-11-7-14(10-16)12(6-4-2)8-13(11)9-15/h1-2,7-10H,5-6H2. The summed E-state index contributed by atoms with van der Waals surface area (Å²) >= 11 is 0. The first kappa shape index (κ1) is 11.8. The molecule has 0 radical (unpaired) electrons. The van der Waals surface area contributed by atoms with Crippen LogP contribution in [0.3, 0.4) is 0 Å². The van der Waals surface area contributed by atoms with Gasteiger partial charge >= 0.3 is 0 Å². The van der Waals surface area contributed by atoms with Crippen molar-refractivity contribution < 1.29 is 9.59 Å². The second-order valence-electron chi connectivity index (χ2n) is 3.25. The van der Waals surface area contributed by atoms with Crippen LogP contribution in [0.1, 0.15) is 31.8 Å². The van der Waals surface area contributed by atoms with Gasteiger partial charge in [-0.1, -0.05) is 0 Å². The molecule has 16 heavy (non-hydrogen) atoms. The molecule has 1 aromatic rings. The first-order valence-electron chi connectivity index (χ1n) is 4.70. The molecule has 0 saturated heterocycles. The van der Waals surface area contributed by atoms with Crippen molar-refractivity contribution >= 4 is 12.6 Å². The van der Waals surface area contributed by atoms with Crippen molar-refractivity contribution in [1.29, 1.82) is 0 Å². The molecule has 0 bridgehead atoms. The number of carbonyl (C=O) groups is 2. The van der Waals surface area contributed by atoms with Gasteiger partial charge in [0, 0.05) is 24.0 Å². The lowest BCUT2D eigenvalue weighted by atomic mass is 9.96. The second-order valence-corrected chi connectivity index (χ2v) is 3.25. The molecule has 1 aromatic carbocycles. The smallest absolute Gasteiger partial charge is 0.150 e. The molecular weight excluding hydrogens is 200 g/mol. The van der Waals surface area contributed by atoms with Gasteiger partial charge in [-0.2, -0.15) is 0 Å². The molecule has 0 saturated carbocycles. The van der Waals surface area contributed by atoms with E-state index in [0.29, 0.717) is 35.1 Å². The van der Waals surface area contributed by atoms with Crippen LogP contribution in [0.25, 0.3) is 0 Å². The van der Waals surface area contributed by atoms with Crippen molar-refractivity contribution in [1.82, 2.24) is 0 Å². The molecule has 2 heteroatoms. The lowest BCUT2D eigenvalue weighted by Crippen LogP contribution is -1.99. The van der Waals surface area contributed by atoms with Crippen LogP contribution in [-0.2, 0) is 12.8 Å². The Labute approximate surface area is 94.7 Å². The SMILES string of the molecule is C#CCc1cc(C=O)c(CC#C)cc1C=O. The molecular formula is C14H10O2. The summed E-state index contributed by atoms with van der Waals surface area (Å²) in [5.41, 5.74) is 2.35. The lowest BCUT2D eigenvalue weighted by Gasteiger charge is -2.06. The zero-order valence-electron chi connectivity index (χ0n) is 8.69. The van der Waals surface area contributed by atoms with E-state index in [4.69, 9.17) is 12.8 Å². The number of rotatable bonds is 4. The molecule has 0 atom stereocenters. The molecule has 0 aliphatic carbocycles. The van der Waals surface area contributed by atoms with E-state index in [2.05, 4.69) is 11.8 Å². The Kier molecular flexibility index (Phi) is 4.07. The Bertz CT molecular complexity index is 451. The summed E-state index contributed by atoms with van der Waals surface area (Å²) in [7, 11) is 0. The summed E-state index contributed by atoms with van der Waals surface area (Å²) in [4.78, 5) is 21.7. The minimum atomic E-state index is 0.325. The van der Waals surface area contributed by atoms with E-state index in [-0.39, 0.29) is 0 Å². The number of hydrogen-bond donors (Lipinski definition) is 0. The Morgan fingerprint density at radius 3 is 1.56 bits per heavy atom. The predicted molar refractivity (Wildman–Crippen MR) is 62.3 cm³/mol. The van der Waals surface area contributed by atoms with Gasteiger partial charge in [0.15, 0.2) is 0 Å². The molecule has 0 heterocycles. The number of carbonyl (C=O) groups excluding carboxylic acids is 2. The molecule has 0 unspecified atom stereocenters. The largest absolute Gasteiger partial charge is 0.298 e. The first-order valence-corrected chi connectivity index (χ1v) is 4.70. The highest BCUT2D eigenvalue weighted by Gasteiger charge is 2.07. The number of hydrogen-bond acceptors (Lipinski definition) is 2. The summed E-state index contributed by atoms with van der Waals surface area (Å²) in [6, 6.07) is 3.26. The van der Waals surface area contributed by atoms with Crippen molar-refractivity contribution in [2.45, 2.75) is 12.8 Å². The molecule has 78 valence electrons. The molecule has 1 rings (SSSR count). The molecule has 0 aromatic heterocycles. The minimum Gasteiger partial charge on any atom is -0.298 e. The van der Waals surface area contributed by atoms with Crippen LogP contribution in [0.4, 0.5) is 0 Å². The molecule has 0 fully saturated rings. The molecule has 0 spiro atoms. The topological polar surface area (TPSA) is 34.1 Å². The van der Waals surface area contributed by atoms with Crippen molar-refractivity contribution in [2.24, 2.45) is 0 Å². The van der Waals surface area contributed by atoms with Crippen molar-refractivity contribution in [3.8, 4) is 24.7 Å². The normalized spacial score (nSPS) is 8.88. The lowest BCUT2D eigenvalue weighted by molar-refractivity contribution is 0.111. The average molecular weight is 210 g/mol. The van der Waals surface area contributed by atoms with E-state index in [0.717, 1.165) is 12.6 Å². The van der Waals surface area contributed by atoms with Gasteiger partial charge in [0.25, 0.3) is 0 Å². The van der Waals surface area contributed by atoms with Gasteiger partial charge in [-0.15, -0.1) is 24.7 Å². The Morgan fingerprint density at radius 2 is 1.31 bits per heavy atom. The third kappa shape index (κ3) is 2.38. The van der Waals surface area contributed by atoms with Crippen molar-refractivity contribution in [2.75, 3.05) is 0 Å². The predicted octanol–water partition coefficient (Wildman–Crippen LogP) is 1.66. The van der Waals surface area contributed by atoms with Crippen LogP contribution < -0.4 is 0 Å². The fourth-order valence-electron chi connectivity index (χ4n) is 1.47. The first-order chi connectivity index (χ1) is 7.76. The number of aldehydes is 2. The van der Waals surface area contributed by atoms with Gasteiger partial charge in [0.2, 0.25) is 0 Å². The second kappa shape index (κ2) is 5.53. The van der Waals surface area contributed by atoms with Crippen molar-refractivity contribution in [3.63, 3.8) is 0 Å². The van der Waals surface area contributed by atoms with E-state index in [1.165, 1.54) is 0 Å². The fourth-order valence-corrected chi connectivity index (χ4v) is 1.47. The monoisotopic (exact) mass is 210 g/mol. The summed E-state index contributed by atoms with van der Waals surface area (Å²) in [6.45, 7) is 0. The van der Waals surface area contributed by atoms with Gasteiger partial charge in [-0.25, -0.2) is 0 Å². The molecule has 0 N–H and O–H groups in total. The summed E-state index contributed by atoms with van der Waals surface area (Å²) < 4.78 is 0. The van der Waals surface area contributed by atoms with Crippen molar-refractivity contribution in [3.05, 3.63) is 34.4 Å². The molecule has 0 amide bonds. The van der Waals surface area contributed by atoms with Crippen LogP contribution in [0.15, 0.2) is 12.1 Å². The number of terminal acetylenes is 2. The van der Waals surface area contributed by atoms with E-state index in [1.54, 1.807) is 12.1 Å². The number of benzene rings is 1. The van der Waals surface area contributed by atoms with Gasteiger partial charge in [-0.3, -0.25) is 9.59 Å². The molecule has 2 nitrogen and oxygen atoms in total. The quantitative estimate of drug-likeness (QED) is 0.559. The maximum absolute atomic E-state index is 10.8. The van der Waals surface area contributed by atoms with Crippen LogP contribution in [-0.4, -0.2) is 12.6 Å². The maximum Gasteiger partial charge on any atom is 0.150 e. The third-order valence-corrected chi connectivity index (χ3v) is 2.24. The van der Waals surface area contributed by atoms with Gasteiger partial charge in [0.05, 0.1) is 0 Å². The highest BCUT2D eigenvalue weighted by atomic mass is 16.1. The van der Waals surface area contributed by atoms with E-state index in [9.17, 15) is 9.59 Å². The summed E-state index contributed by atoms with van der Waals surface area (Å²) in [5.74, 6) is 4.89. The maximum atomic E-state index is 10.8. The van der Waals surface area contributed by atoms with Gasteiger partial charge in [-0.05, 0) is 23.3 Å². The molecule has 0 aliphatic rings. The van der Waals surface area contributed by atoms with E-state index >= 15 is 0 Å². The Morgan fingerprint density at radius 1 is 0.938 bits per heavy atom. The fraction of sp³-hybridized carbons (Fsp3) is 0.143. The van der Waals surface area contributed by atoms with Gasteiger partial charge < -0.3 is 0 Å². The van der Waals surface area contributed by atoms with E-state index < -0.39 is 0 Å². The summed E-state index contributed by atoms with van der Waals surface area (Å²) in [5, 5.41) is 0. The highest BCUT2D eigenvalue weighted by Crippen LogP contribution is 2.16. The third-order valence-electron chi connectivity index (χ3n) is 2.24. The van der Waals surface area contributed by atoms with Gasteiger partial charge in [0.1, 0.15) is 12.6 Å². The van der Waals surface area contributed by atoms with Crippen LogP contribution in [0.5, 0.6) is 0 Å². The minimum absolute atomic E-state index is 0.325. The van der Waals surface area contributed by atoms with Crippen LogP contribution in [0.2, 0.25) is 0 Å². The zero-order chi connectivity index (χ0) is 12.0. The van der Waals surface area contributed by atoms with E-state index in [1.807, 2.05) is 0 Å². The Hall–Kier alpha value is -2.32. The molecule has 0 aliphatic heterocycles. The Balaban J connectivity index is 3.35.